The Morgan fingerprint density at radius 1 is 1.78 bits per heavy atom. The summed E-state index contributed by atoms with van der Waals surface area (Å²) in [6.45, 7) is 3.59. The van der Waals surface area contributed by atoms with Crippen molar-refractivity contribution in [1.29, 1.82) is 5.41 Å². The highest BCUT2D eigenvalue weighted by Crippen LogP contribution is 1.86. The lowest BCUT2D eigenvalue weighted by Crippen LogP contribution is -2.04. The van der Waals surface area contributed by atoms with E-state index in [2.05, 4.69) is 4.99 Å². The molecule has 0 aliphatic rings. The quantitative estimate of drug-likeness (QED) is 0.439. The Morgan fingerprint density at radius 2 is 2.33 bits per heavy atom. The van der Waals surface area contributed by atoms with Crippen LogP contribution in [0.1, 0.15) is 13.8 Å². The fraction of sp³-hybridized carbons (Fsp3) is 0.667. The summed E-state index contributed by atoms with van der Waals surface area (Å²) in [7, 11) is 1.56. The van der Waals surface area contributed by atoms with Gasteiger partial charge in [-0.15, -0.1) is 0 Å². The Kier molecular flexibility index (Phi) is 3.67. The van der Waals surface area contributed by atoms with Crippen LogP contribution in [0.4, 0.5) is 0 Å². The van der Waals surface area contributed by atoms with E-state index >= 15 is 0 Å². The van der Waals surface area contributed by atoms with Crippen LogP contribution in [0.3, 0.4) is 0 Å². The van der Waals surface area contributed by atoms with Gasteiger partial charge in [-0.3, -0.25) is 0 Å². The van der Waals surface area contributed by atoms with Gasteiger partial charge in [0.25, 0.3) is 0 Å². The molecule has 0 saturated heterocycles. The zero-order valence-electron chi connectivity index (χ0n) is 6.01. The number of nitrogens with zero attached hydrogens (tertiary/aromatic N) is 1. The molecule has 0 rings (SSSR count). The van der Waals surface area contributed by atoms with Gasteiger partial charge in [-0.2, -0.15) is 0 Å². The van der Waals surface area contributed by atoms with E-state index < -0.39 is 0 Å². The first-order valence-corrected chi connectivity index (χ1v) is 2.79. The summed E-state index contributed by atoms with van der Waals surface area (Å²) in [5.74, 6) is 0.617. The van der Waals surface area contributed by atoms with Crippen molar-refractivity contribution in [3.05, 3.63) is 0 Å². The molecule has 0 aromatic heterocycles. The van der Waals surface area contributed by atoms with E-state index in [9.17, 15) is 0 Å². The summed E-state index contributed by atoms with van der Waals surface area (Å²) in [4.78, 5) is 3.97. The van der Waals surface area contributed by atoms with Crippen LogP contribution < -0.4 is 0 Å². The molecular formula is C6H12N2O. The van der Waals surface area contributed by atoms with Gasteiger partial charge in [-0.25, -0.2) is 4.99 Å². The smallest absolute Gasteiger partial charge is 0.180 e. The van der Waals surface area contributed by atoms with E-state index in [1.807, 2.05) is 6.92 Å². The number of nitrogens with one attached hydrogen (secondary N) is 1. The molecule has 0 heterocycles. The molecule has 9 heavy (non-hydrogen) atoms. The van der Waals surface area contributed by atoms with Crippen molar-refractivity contribution < 1.29 is 4.74 Å². The molecule has 0 bridgehead atoms. The maximum atomic E-state index is 6.79. The average Bonchev–Trinajstić information content (AvgIpc) is 1.87. The van der Waals surface area contributed by atoms with Crippen LogP contribution in [0.25, 0.3) is 0 Å². The molecule has 0 radical (unpaired) electrons. The molecule has 0 aromatic carbocycles. The van der Waals surface area contributed by atoms with Crippen molar-refractivity contribution in [1.82, 2.24) is 0 Å². The Hall–Kier alpha value is -0.860. The first kappa shape index (κ1) is 8.14. The zero-order valence-corrected chi connectivity index (χ0v) is 6.01. The Morgan fingerprint density at radius 3 is 2.67 bits per heavy atom. The van der Waals surface area contributed by atoms with Crippen LogP contribution in [0, 0.1) is 5.41 Å². The predicted molar refractivity (Wildman–Crippen MR) is 38.4 cm³/mol. The highest BCUT2D eigenvalue weighted by molar-refractivity contribution is 5.76. The number of hydrogen-bond donors (Lipinski definition) is 1. The van der Waals surface area contributed by atoms with Gasteiger partial charge in [0.2, 0.25) is 0 Å². The van der Waals surface area contributed by atoms with E-state index in [0.29, 0.717) is 5.90 Å². The minimum absolute atomic E-state index is 0.0649. The highest BCUT2D eigenvalue weighted by Gasteiger charge is 1.92. The standard InChI is InChI=1S/C6H12N2O/c1-5(4-7)8-6(2)9-3/h4-5,7H,1-3H3. The summed E-state index contributed by atoms with van der Waals surface area (Å²) >= 11 is 0. The molecule has 0 spiro atoms. The Labute approximate surface area is 55.3 Å². The fourth-order valence-corrected chi connectivity index (χ4v) is 0.377. The lowest BCUT2D eigenvalue weighted by atomic mass is 10.4. The monoisotopic (exact) mass is 128 g/mol. The molecular weight excluding hydrogens is 116 g/mol. The van der Waals surface area contributed by atoms with Crippen molar-refractivity contribution in [2.45, 2.75) is 19.9 Å². The second-order valence-corrected chi connectivity index (χ2v) is 1.76. The average molecular weight is 128 g/mol. The largest absolute Gasteiger partial charge is 0.484 e. The summed E-state index contributed by atoms with van der Waals surface area (Å²) < 4.78 is 4.77. The third-order valence-electron chi connectivity index (χ3n) is 0.922. The normalized spacial score (nSPS) is 14.8. The highest BCUT2D eigenvalue weighted by atomic mass is 16.5. The van der Waals surface area contributed by atoms with Gasteiger partial charge in [-0.05, 0) is 6.92 Å². The van der Waals surface area contributed by atoms with Crippen LogP contribution in [0.15, 0.2) is 4.99 Å². The second kappa shape index (κ2) is 4.06. The molecule has 3 heteroatoms. The Balaban J connectivity index is 3.78. The Bertz CT molecular complexity index is 120. The van der Waals surface area contributed by atoms with E-state index in [4.69, 9.17) is 10.1 Å². The van der Waals surface area contributed by atoms with Crippen LogP contribution >= 0.6 is 0 Å². The number of rotatable bonds is 2. The molecule has 1 atom stereocenters. The molecule has 0 fully saturated rings. The summed E-state index contributed by atoms with van der Waals surface area (Å²) in [5, 5.41) is 6.79. The molecule has 1 unspecified atom stereocenters. The molecule has 1 N–H and O–H groups in total. The van der Waals surface area contributed by atoms with Crippen LogP contribution in [-0.4, -0.2) is 25.3 Å². The first-order valence-electron chi connectivity index (χ1n) is 2.79. The lowest BCUT2D eigenvalue weighted by Gasteiger charge is -1.99. The summed E-state index contributed by atoms with van der Waals surface area (Å²) in [5.41, 5.74) is 0. The third kappa shape index (κ3) is 3.70. The van der Waals surface area contributed by atoms with Gasteiger partial charge in [0.15, 0.2) is 5.90 Å². The van der Waals surface area contributed by atoms with Crippen molar-refractivity contribution in [2.24, 2.45) is 4.99 Å². The molecule has 0 aliphatic heterocycles. The second-order valence-electron chi connectivity index (χ2n) is 1.76. The molecule has 3 nitrogen and oxygen atoms in total. The van der Waals surface area contributed by atoms with Crippen molar-refractivity contribution >= 4 is 12.1 Å². The van der Waals surface area contributed by atoms with Crippen LogP contribution in [0.2, 0.25) is 0 Å². The third-order valence-corrected chi connectivity index (χ3v) is 0.922. The number of hydrogen-bond acceptors (Lipinski definition) is 3. The van der Waals surface area contributed by atoms with Gasteiger partial charge >= 0.3 is 0 Å². The van der Waals surface area contributed by atoms with E-state index in [1.54, 1.807) is 14.0 Å². The molecule has 0 saturated carbocycles. The minimum atomic E-state index is -0.0649. The molecule has 0 aromatic rings. The van der Waals surface area contributed by atoms with E-state index in [-0.39, 0.29) is 6.04 Å². The SMILES string of the molecule is COC(C)=NC(C)C=N. The fourth-order valence-electron chi connectivity index (χ4n) is 0.377. The molecule has 0 aliphatic carbocycles. The minimum Gasteiger partial charge on any atom is -0.484 e. The van der Waals surface area contributed by atoms with Crippen molar-refractivity contribution in [2.75, 3.05) is 7.11 Å². The zero-order chi connectivity index (χ0) is 7.28. The number of aliphatic imine (C=N–C) groups is 1. The lowest BCUT2D eigenvalue weighted by molar-refractivity contribution is 0.397. The maximum absolute atomic E-state index is 6.79. The van der Waals surface area contributed by atoms with Gasteiger partial charge in [0.1, 0.15) is 0 Å². The van der Waals surface area contributed by atoms with Gasteiger partial charge < -0.3 is 10.1 Å². The van der Waals surface area contributed by atoms with Crippen LogP contribution in [-0.2, 0) is 4.74 Å². The first-order chi connectivity index (χ1) is 4.20. The summed E-state index contributed by atoms with van der Waals surface area (Å²) in [6.07, 6.45) is 1.27. The van der Waals surface area contributed by atoms with Crippen molar-refractivity contribution in [3.8, 4) is 0 Å². The number of methoxy groups -OCH3 is 1. The van der Waals surface area contributed by atoms with E-state index in [1.165, 1.54) is 6.21 Å². The summed E-state index contributed by atoms with van der Waals surface area (Å²) in [6, 6.07) is -0.0649. The predicted octanol–water partition coefficient (Wildman–Crippen LogP) is 1.09. The van der Waals surface area contributed by atoms with Gasteiger partial charge in [-0.1, -0.05) is 0 Å². The van der Waals surface area contributed by atoms with Crippen molar-refractivity contribution in [3.63, 3.8) is 0 Å². The van der Waals surface area contributed by atoms with Gasteiger partial charge in [0.05, 0.1) is 13.2 Å². The van der Waals surface area contributed by atoms with Crippen LogP contribution in [0.5, 0.6) is 0 Å². The maximum Gasteiger partial charge on any atom is 0.180 e. The number of ether oxygens (including phenoxy) is 1. The molecule has 52 valence electrons. The van der Waals surface area contributed by atoms with E-state index in [0.717, 1.165) is 0 Å². The van der Waals surface area contributed by atoms with Gasteiger partial charge in [0, 0.05) is 13.1 Å². The topological polar surface area (TPSA) is 45.4 Å². The molecule has 0 amide bonds.